The molecule has 0 aliphatic carbocycles. The summed E-state index contributed by atoms with van der Waals surface area (Å²) in [4.78, 5) is 14.5. The number of rotatable bonds is 4. The Labute approximate surface area is 124 Å². The Morgan fingerprint density at radius 3 is 3.05 bits per heavy atom. The second-order valence-electron chi connectivity index (χ2n) is 6.15. The summed E-state index contributed by atoms with van der Waals surface area (Å²) in [5.41, 5.74) is 0. The molecule has 4 atom stereocenters. The van der Waals surface area contributed by atoms with Gasteiger partial charge in [-0.05, 0) is 37.3 Å². The fourth-order valence-electron chi connectivity index (χ4n) is 3.40. The van der Waals surface area contributed by atoms with Gasteiger partial charge in [0.1, 0.15) is 18.0 Å². The Balaban J connectivity index is 1.63. The Kier molecular flexibility index (Phi) is 4.31. The van der Waals surface area contributed by atoms with Gasteiger partial charge in [-0.25, -0.2) is 0 Å². The first-order valence-corrected chi connectivity index (χ1v) is 7.80. The van der Waals surface area contributed by atoms with Crippen molar-refractivity contribution in [3.8, 4) is 0 Å². The average Bonchev–Trinajstić information content (AvgIpc) is 3.19. The summed E-state index contributed by atoms with van der Waals surface area (Å²) >= 11 is 0. The molecule has 0 aromatic carbocycles. The second-order valence-corrected chi connectivity index (χ2v) is 6.15. The van der Waals surface area contributed by atoms with Crippen LogP contribution in [0.3, 0.4) is 0 Å². The molecule has 2 saturated heterocycles. The molecule has 1 aromatic heterocycles. The van der Waals surface area contributed by atoms with Gasteiger partial charge in [0.05, 0.1) is 6.26 Å². The standard InChI is InChI=1S/C16H23NO4/c1-11-6-9-21-15(11)16(19)17-7-2-4-12(17)10-13(18)14-5-3-8-20-14/h3,5,8,11-13,15,18H,2,4,6-7,9-10H2,1H3. The van der Waals surface area contributed by atoms with E-state index in [2.05, 4.69) is 6.92 Å². The molecule has 0 saturated carbocycles. The lowest BCUT2D eigenvalue weighted by Crippen LogP contribution is -2.44. The van der Waals surface area contributed by atoms with Gasteiger partial charge in [-0.1, -0.05) is 6.92 Å². The van der Waals surface area contributed by atoms with Crippen LogP contribution in [0.1, 0.15) is 44.5 Å². The third-order valence-corrected chi connectivity index (χ3v) is 4.66. The van der Waals surface area contributed by atoms with Crippen LogP contribution in [0.4, 0.5) is 0 Å². The van der Waals surface area contributed by atoms with Crippen LogP contribution in [0.15, 0.2) is 22.8 Å². The van der Waals surface area contributed by atoms with Crippen LogP contribution in [0.2, 0.25) is 0 Å². The van der Waals surface area contributed by atoms with E-state index in [0.717, 1.165) is 25.8 Å². The first kappa shape index (κ1) is 14.6. The predicted octanol–water partition coefficient (Wildman–Crippen LogP) is 2.12. The zero-order valence-electron chi connectivity index (χ0n) is 12.4. The predicted molar refractivity (Wildman–Crippen MR) is 76.5 cm³/mol. The van der Waals surface area contributed by atoms with Crippen molar-refractivity contribution in [2.75, 3.05) is 13.2 Å². The van der Waals surface area contributed by atoms with E-state index in [-0.39, 0.29) is 24.0 Å². The highest BCUT2D eigenvalue weighted by molar-refractivity contribution is 5.82. The highest BCUT2D eigenvalue weighted by Crippen LogP contribution is 2.30. The van der Waals surface area contributed by atoms with Crippen molar-refractivity contribution in [3.05, 3.63) is 24.2 Å². The lowest BCUT2D eigenvalue weighted by atomic mass is 10.0. The van der Waals surface area contributed by atoms with Crippen molar-refractivity contribution in [1.82, 2.24) is 4.90 Å². The number of amides is 1. The lowest BCUT2D eigenvalue weighted by molar-refractivity contribution is -0.143. The minimum atomic E-state index is -0.652. The van der Waals surface area contributed by atoms with Crippen molar-refractivity contribution in [1.29, 1.82) is 0 Å². The van der Waals surface area contributed by atoms with E-state index in [9.17, 15) is 9.90 Å². The van der Waals surface area contributed by atoms with Crippen molar-refractivity contribution in [3.63, 3.8) is 0 Å². The van der Waals surface area contributed by atoms with Crippen LogP contribution in [-0.2, 0) is 9.53 Å². The van der Waals surface area contributed by atoms with E-state index in [1.165, 1.54) is 0 Å². The molecule has 2 aliphatic heterocycles. The molecule has 0 radical (unpaired) electrons. The molecule has 21 heavy (non-hydrogen) atoms. The van der Waals surface area contributed by atoms with Crippen LogP contribution >= 0.6 is 0 Å². The molecule has 1 amide bonds. The molecule has 0 bridgehead atoms. The van der Waals surface area contributed by atoms with Gasteiger partial charge in [-0.3, -0.25) is 4.79 Å². The number of nitrogens with zero attached hydrogens (tertiary/aromatic N) is 1. The molecule has 1 N–H and O–H groups in total. The molecule has 1 aromatic rings. The third-order valence-electron chi connectivity index (χ3n) is 4.66. The molecule has 2 fully saturated rings. The molecule has 5 heteroatoms. The maximum atomic E-state index is 12.6. The number of hydrogen-bond donors (Lipinski definition) is 1. The molecule has 3 rings (SSSR count). The topological polar surface area (TPSA) is 62.9 Å². The highest BCUT2D eigenvalue weighted by Gasteiger charge is 2.39. The zero-order chi connectivity index (χ0) is 14.8. The maximum absolute atomic E-state index is 12.6. The largest absolute Gasteiger partial charge is 0.467 e. The van der Waals surface area contributed by atoms with Crippen LogP contribution in [0, 0.1) is 5.92 Å². The third kappa shape index (κ3) is 2.99. The number of hydrogen-bond acceptors (Lipinski definition) is 4. The SMILES string of the molecule is CC1CCOC1C(=O)N1CCCC1CC(O)c1ccco1. The maximum Gasteiger partial charge on any atom is 0.252 e. The molecule has 5 nitrogen and oxygen atoms in total. The van der Waals surface area contributed by atoms with Gasteiger partial charge in [0, 0.05) is 25.6 Å². The minimum Gasteiger partial charge on any atom is -0.467 e. The average molecular weight is 293 g/mol. The minimum absolute atomic E-state index is 0.0778. The fraction of sp³-hybridized carbons (Fsp3) is 0.688. The summed E-state index contributed by atoms with van der Waals surface area (Å²) in [5.74, 6) is 0.947. The smallest absolute Gasteiger partial charge is 0.252 e. The van der Waals surface area contributed by atoms with Crippen LogP contribution in [-0.4, -0.2) is 41.2 Å². The Hall–Kier alpha value is -1.33. The summed E-state index contributed by atoms with van der Waals surface area (Å²) in [7, 11) is 0. The van der Waals surface area contributed by atoms with Gasteiger partial charge < -0.3 is 19.2 Å². The second kappa shape index (κ2) is 6.20. The van der Waals surface area contributed by atoms with Crippen molar-refractivity contribution < 1.29 is 19.1 Å². The first-order valence-electron chi connectivity index (χ1n) is 7.80. The molecule has 3 heterocycles. The van der Waals surface area contributed by atoms with Crippen molar-refractivity contribution in [2.24, 2.45) is 5.92 Å². The fourth-order valence-corrected chi connectivity index (χ4v) is 3.40. The number of aliphatic hydroxyl groups excluding tert-OH is 1. The van der Waals surface area contributed by atoms with E-state index >= 15 is 0 Å². The number of carbonyl (C=O) groups excluding carboxylic acids is 1. The number of aliphatic hydroxyl groups is 1. The van der Waals surface area contributed by atoms with E-state index in [4.69, 9.17) is 9.15 Å². The summed E-state index contributed by atoms with van der Waals surface area (Å²) in [6.07, 6.45) is 4.01. The van der Waals surface area contributed by atoms with Crippen LogP contribution < -0.4 is 0 Å². The van der Waals surface area contributed by atoms with Gasteiger partial charge in [-0.15, -0.1) is 0 Å². The van der Waals surface area contributed by atoms with Crippen molar-refractivity contribution >= 4 is 5.91 Å². The van der Waals surface area contributed by atoms with Crippen LogP contribution in [0.25, 0.3) is 0 Å². The van der Waals surface area contributed by atoms with E-state index in [1.54, 1.807) is 18.4 Å². The highest BCUT2D eigenvalue weighted by atomic mass is 16.5. The molecule has 2 aliphatic rings. The van der Waals surface area contributed by atoms with Gasteiger partial charge in [-0.2, -0.15) is 0 Å². The quantitative estimate of drug-likeness (QED) is 0.923. The van der Waals surface area contributed by atoms with Gasteiger partial charge in [0.2, 0.25) is 0 Å². The number of carbonyl (C=O) groups is 1. The monoisotopic (exact) mass is 293 g/mol. The number of furan rings is 1. The van der Waals surface area contributed by atoms with Crippen molar-refractivity contribution in [2.45, 2.75) is 50.9 Å². The number of likely N-dealkylation sites (tertiary alicyclic amines) is 1. The van der Waals surface area contributed by atoms with Gasteiger partial charge in [0.25, 0.3) is 5.91 Å². The lowest BCUT2D eigenvalue weighted by Gasteiger charge is -2.29. The Morgan fingerprint density at radius 2 is 2.38 bits per heavy atom. The summed E-state index contributed by atoms with van der Waals surface area (Å²) in [5, 5.41) is 10.2. The molecule has 4 unspecified atom stereocenters. The van der Waals surface area contributed by atoms with E-state index in [0.29, 0.717) is 18.8 Å². The van der Waals surface area contributed by atoms with E-state index < -0.39 is 6.10 Å². The molecule has 116 valence electrons. The summed E-state index contributed by atoms with van der Waals surface area (Å²) < 4.78 is 10.8. The molecular weight excluding hydrogens is 270 g/mol. The Morgan fingerprint density at radius 1 is 1.52 bits per heavy atom. The summed E-state index contributed by atoms with van der Waals surface area (Å²) in [6.45, 7) is 3.50. The van der Waals surface area contributed by atoms with Gasteiger partial charge in [0.15, 0.2) is 0 Å². The number of ether oxygens (including phenoxy) is 1. The van der Waals surface area contributed by atoms with E-state index in [1.807, 2.05) is 4.90 Å². The first-order chi connectivity index (χ1) is 10.2. The summed E-state index contributed by atoms with van der Waals surface area (Å²) in [6, 6.07) is 3.62. The zero-order valence-corrected chi connectivity index (χ0v) is 12.4. The van der Waals surface area contributed by atoms with Gasteiger partial charge >= 0.3 is 0 Å². The molecule has 0 spiro atoms. The Bertz CT molecular complexity index is 473. The normalized spacial score (nSPS) is 30.8. The van der Waals surface area contributed by atoms with Crippen LogP contribution in [0.5, 0.6) is 0 Å². The molecular formula is C16H23NO4.